The van der Waals surface area contributed by atoms with Crippen molar-refractivity contribution < 1.29 is 8.42 Å². The third-order valence-electron chi connectivity index (χ3n) is 6.54. The molecule has 8 heteroatoms. The Kier molecular flexibility index (Phi) is 5.12. The van der Waals surface area contributed by atoms with Gasteiger partial charge < -0.3 is 14.4 Å². The number of aromatic nitrogens is 2. The average Bonchev–Trinajstić information content (AvgIpc) is 3.01. The summed E-state index contributed by atoms with van der Waals surface area (Å²) in [5.74, 6) is 2.31. The van der Waals surface area contributed by atoms with Gasteiger partial charge in [-0.3, -0.25) is 0 Å². The topological polar surface area (TPSA) is 61.7 Å². The van der Waals surface area contributed by atoms with Gasteiger partial charge in [-0.2, -0.15) is 0 Å². The van der Waals surface area contributed by atoms with E-state index >= 15 is 0 Å². The molecule has 3 fully saturated rings. The maximum absolute atomic E-state index is 12.8. The van der Waals surface area contributed by atoms with Crippen molar-refractivity contribution in [2.24, 2.45) is 24.3 Å². The molecular formula is C19H33N5O2S. The monoisotopic (exact) mass is 395 g/mol. The number of fused-ring (bicyclic) bond motifs is 1. The highest BCUT2D eigenvalue weighted by Crippen LogP contribution is 2.44. The van der Waals surface area contributed by atoms with Crippen molar-refractivity contribution in [1.82, 2.24) is 23.7 Å². The number of likely N-dealkylation sites (tertiary alicyclic amines) is 1. The van der Waals surface area contributed by atoms with Crippen LogP contribution >= 0.6 is 0 Å². The summed E-state index contributed by atoms with van der Waals surface area (Å²) in [5.41, 5.74) is 0.0573. The fourth-order valence-corrected chi connectivity index (χ4v) is 7.06. The molecule has 27 heavy (non-hydrogen) atoms. The van der Waals surface area contributed by atoms with Crippen molar-refractivity contribution in [2.45, 2.75) is 19.3 Å². The molecule has 152 valence electrons. The lowest BCUT2D eigenvalue weighted by atomic mass is 9.80. The van der Waals surface area contributed by atoms with Gasteiger partial charge in [0, 0.05) is 70.5 Å². The standard InChI is InChI=1S/C19H33N5O2S/c1-21(2)13-19-14-23(8-6-18-20-7-9-22(18)3)10-17(19)11-24(15-19)27(25,26)12-16-4-5-16/h7,9,16-17H,4-6,8,10-15H2,1-3H3/t17-,19+/m0/s1. The molecule has 0 N–H and O–H groups in total. The molecule has 3 heterocycles. The van der Waals surface area contributed by atoms with Crippen LogP contribution in [0.15, 0.2) is 12.4 Å². The van der Waals surface area contributed by atoms with Crippen molar-refractivity contribution >= 4 is 10.0 Å². The van der Waals surface area contributed by atoms with Gasteiger partial charge in [-0.15, -0.1) is 0 Å². The van der Waals surface area contributed by atoms with Gasteiger partial charge in [0.05, 0.1) is 5.75 Å². The van der Waals surface area contributed by atoms with Gasteiger partial charge in [0.15, 0.2) is 0 Å². The highest BCUT2D eigenvalue weighted by atomic mass is 32.2. The molecule has 0 radical (unpaired) electrons. The summed E-state index contributed by atoms with van der Waals surface area (Å²) >= 11 is 0. The molecule has 1 aliphatic carbocycles. The highest BCUT2D eigenvalue weighted by molar-refractivity contribution is 7.89. The molecule has 3 aliphatic rings. The van der Waals surface area contributed by atoms with E-state index < -0.39 is 10.0 Å². The lowest BCUT2D eigenvalue weighted by Gasteiger charge is -2.32. The summed E-state index contributed by atoms with van der Waals surface area (Å²) in [7, 11) is 3.14. The van der Waals surface area contributed by atoms with Gasteiger partial charge in [-0.25, -0.2) is 17.7 Å². The number of rotatable bonds is 8. The second-order valence-electron chi connectivity index (χ2n) is 9.25. The normalized spacial score (nSPS) is 29.7. The molecule has 1 aromatic heterocycles. The van der Waals surface area contributed by atoms with Crippen molar-refractivity contribution in [3.8, 4) is 0 Å². The quantitative estimate of drug-likeness (QED) is 0.641. The SMILES string of the molecule is CN(C)C[C@]12CN(CCc3nccn3C)C[C@H]1CN(S(=O)(=O)CC1CC1)C2. The third kappa shape index (κ3) is 4.09. The fraction of sp³-hybridized carbons (Fsp3) is 0.842. The van der Waals surface area contributed by atoms with Crippen LogP contribution in [-0.2, 0) is 23.5 Å². The summed E-state index contributed by atoms with van der Waals surface area (Å²) in [6, 6.07) is 0. The van der Waals surface area contributed by atoms with Gasteiger partial charge in [0.2, 0.25) is 10.0 Å². The highest BCUT2D eigenvalue weighted by Gasteiger charge is 2.54. The van der Waals surface area contributed by atoms with E-state index in [4.69, 9.17) is 0 Å². The Labute approximate surface area is 163 Å². The van der Waals surface area contributed by atoms with Crippen LogP contribution in [0.3, 0.4) is 0 Å². The number of hydrogen-bond donors (Lipinski definition) is 0. The van der Waals surface area contributed by atoms with Gasteiger partial charge in [-0.1, -0.05) is 0 Å². The maximum atomic E-state index is 12.8. The second-order valence-corrected chi connectivity index (χ2v) is 11.3. The zero-order chi connectivity index (χ0) is 19.2. The van der Waals surface area contributed by atoms with Crippen LogP contribution in [0.1, 0.15) is 18.7 Å². The summed E-state index contributed by atoms with van der Waals surface area (Å²) < 4.78 is 29.6. The first-order chi connectivity index (χ1) is 12.8. The molecule has 2 aliphatic heterocycles. The summed E-state index contributed by atoms with van der Waals surface area (Å²) in [6.45, 7) is 5.30. The Morgan fingerprint density at radius 1 is 1.26 bits per heavy atom. The number of imidazole rings is 1. The predicted octanol–water partition coefficient (Wildman–Crippen LogP) is 0.498. The second kappa shape index (κ2) is 7.13. The average molecular weight is 396 g/mol. The van der Waals surface area contributed by atoms with Gasteiger partial charge >= 0.3 is 0 Å². The Bertz CT molecular complexity index is 773. The smallest absolute Gasteiger partial charge is 0.214 e. The molecule has 0 bridgehead atoms. The Hall–Kier alpha value is -0.960. The minimum Gasteiger partial charge on any atom is -0.338 e. The van der Waals surface area contributed by atoms with Crippen molar-refractivity contribution in [2.75, 3.05) is 59.1 Å². The minimum atomic E-state index is -3.10. The molecule has 4 rings (SSSR count). The number of sulfonamides is 1. The van der Waals surface area contributed by atoms with Crippen LogP contribution in [0.2, 0.25) is 0 Å². The first kappa shape index (κ1) is 19.4. The van der Waals surface area contributed by atoms with E-state index in [1.165, 1.54) is 0 Å². The molecule has 1 saturated carbocycles. The predicted molar refractivity (Wildman–Crippen MR) is 106 cm³/mol. The van der Waals surface area contributed by atoms with Crippen LogP contribution in [0, 0.1) is 17.3 Å². The van der Waals surface area contributed by atoms with Crippen LogP contribution in [0.5, 0.6) is 0 Å². The third-order valence-corrected chi connectivity index (χ3v) is 8.50. The lowest BCUT2D eigenvalue weighted by Crippen LogP contribution is -2.43. The zero-order valence-electron chi connectivity index (χ0n) is 16.8. The van der Waals surface area contributed by atoms with E-state index in [0.29, 0.717) is 30.7 Å². The molecule has 0 unspecified atom stereocenters. The summed E-state index contributed by atoms with van der Waals surface area (Å²) in [4.78, 5) is 9.18. The van der Waals surface area contributed by atoms with E-state index in [-0.39, 0.29) is 5.41 Å². The fourth-order valence-electron chi connectivity index (χ4n) is 5.06. The molecule has 2 atom stereocenters. The largest absolute Gasteiger partial charge is 0.338 e. The van der Waals surface area contributed by atoms with E-state index in [2.05, 4.69) is 33.4 Å². The van der Waals surface area contributed by atoms with E-state index in [0.717, 1.165) is 51.3 Å². The number of nitrogens with zero attached hydrogens (tertiary/aromatic N) is 5. The van der Waals surface area contributed by atoms with E-state index in [1.807, 2.05) is 23.7 Å². The van der Waals surface area contributed by atoms with Crippen LogP contribution in [0.4, 0.5) is 0 Å². The lowest BCUT2D eigenvalue weighted by molar-refractivity contribution is 0.180. The molecule has 7 nitrogen and oxygen atoms in total. The molecule has 0 aromatic carbocycles. The molecule has 0 spiro atoms. The van der Waals surface area contributed by atoms with Crippen molar-refractivity contribution in [3.05, 3.63) is 18.2 Å². The van der Waals surface area contributed by atoms with E-state index in [9.17, 15) is 8.42 Å². The number of aryl methyl sites for hydroxylation is 1. The summed E-state index contributed by atoms with van der Waals surface area (Å²) in [5, 5.41) is 0. The molecule has 0 amide bonds. The zero-order valence-corrected chi connectivity index (χ0v) is 17.7. The van der Waals surface area contributed by atoms with Gasteiger partial charge in [0.1, 0.15) is 5.82 Å². The van der Waals surface area contributed by atoms with Gasteiger partial charge in [-0.05, 0) is 38.8 Å². The Balaban J connectivity index is 1.43. The first-order valence-corrected chi connectivity index (χ1v) is 11.7. The van der Waals surface area contributed by atoms with Crippen molar-refractivity contribution in [1.29, 1.82) is 0 Å². The molecule has 1 aromatic rings. The minimum absolute atomic E-state index is 0.0573. The first-order valence-electron chi connectivity index (χ1n) is 10.1. The van der Waals surface area contributed by atoms with Crippen LogP contribution < -0.4 is 0 Å². The van der Waals surface area contributed by atoms with Gasteiger partial charge in [0.25, 0.3) is 0 Å². The number of hydrogen-bond acceptors (Lipinski definition) is 5. The Morgan fingerprint density at radius 3 is 2.67 bits per heavy atom. The molecule has 2 saturated heterocycles. The maximum Gasteiger partial charge on any atom is 0.214 e. The molecular weight excluding hydrogens is 362 g/mol. The van der Waals surface area contributed by atoms with Crippen molar-refractivity contribution in [3.63, 3.8) is 0 Å². The van der Waals surface area contributed by atoms with E-state index in [1.54, 1.807) is 0 Å². The van der Waals surface area contributed by atoms with Crippen LogP contribution in [0.25, 0.3) is 0 Å². The van der Waals surface area contributed by atoms with Crippen LogP contribution in [-0.4, -0.2) is 91.2 Å². The summed E-state index contributed by atoms with van der Waals surface area (Å²) in [6.07, 6.45) is 6.95. The Morgan fingerprint density at radius 2 is 2.04 bits per heavy atom.